The van der Waals surface area contributed by atoms with Crippen LogP contribution in [0.25, 0.3) is 5.76 Å². The zero-order chi connectivity index (χ0) is 26.7. The van der Waals surface area contributed by atoms with E-state index in [1.54, 1.807) is 13.4 Å². The number of hydrogen-bond donors (Lipinski definition) is 2. The first-order chi connectivity index (χ1) is 18.0. The van der Waals surface area contributed by atoms with E-state index in [0.717, 1.165) is 39.3 Å². The molecule has 0 spiro atoms. The highest BCUT2D eigenvalue weighted by Crippen LogP contribution is 2.42. The molecule has 0 bridgehead atoms. The summed E-state index contributed by atoms with van der Waals surface area (Å²) in [6.45, 7) is 13.6. The van der Waals surface area contributed by atoms with Gasteiger partial charge in [0, 0.05) is 42.7 Å². The number of aliphatic imine (C=N–C) groups is 1. The zero-order valence-electron chi connectivity index (χ0n) is 22.5. The third kappa shape index (κ3) is 6.46. The molecule has 2 atom stereocenters. The largest absolute Gasteiger partial charge is 0.493 e. The summed E-state index contributed by atoms with van der Waals surface area (Å²) in [6, 6.07) is 10.5. The Morgan fingerprint density at radius 2 is 1.95 bits per heavy atom. The molecule has 37 heavy (non-hydrogen) atoms. The molecule has 194 valence electrons. The van der Waals surface area contributed by atoms with Gasteiger partial charge in [-0.15, -0.1) is 0 Å². The average Bonchev–Trinajstić information content (AvgIpc) is 2.91. The van der Waals surface area contributed by atoms with Crippen LogP contribution in [0, 0.1) is 0 Å². The highest BCUT2D eigenvalue weighted by Gasteiger charge is 2.33. The monoisotopic (exact) mass is 498 g/mol. The van der Waals surface area contributed by atoms with Crippen molar-refractivity contribution >= 4 is 17.8 Å². The molecule has 6 nitrogen and oxygen atoms in total. The van der Waals surface area contributed by atoms with Crippen LogP contribution >= 0.6 is 0 Å². The Bertz CT molecular complexity index is 1210. The van der Waals surface area contributed by atoms with Gasteiger partial charge in [-0.25, -0.2) is 0 Å². The van der Waals surface area contributed by atoms with Crippen molar-refractivity contribution in [1.29, 1.82) is 0 Å². The summed E-state index contributed by atoms with van der Waals surface area (Å²) in [5.41, 5.74) is 5.45. The first-order valence-electron chi connectivity index (χ1n) is 12.6. The lowest BCUT2D eigenvalue weighted by molar-refractivity contribution is 0.106. The lowest BCUT2D eigenvalue weighted by Gasteiger charge is -2.34. The summed E-state index contributed by atoms with van der Waals surface area (Å²) >= 11 is 0. The van der Waals surface area contributed by atoms with E-state index in [9.17, 15) is 0 Å². The molecule has 1 aromatic heterocycles. The first-order valence-corrected chi connectivity index (χ1v) is 12.6. The van der Waals surface area contributed by atoms with Crippen molar-refractivity contribution in [3.63, 3.8) is 0 Å². The van der Waals surface area contributed by atoms with Gasteiger partial charge in [-0.3, -0.25) is 9.98 Å². The van der Waals surface area contributed by atoms with E-state index in [2.05, 4.69) is 58.4 Å². The summed E-state index contributed by atoms with van der Waals surface area (Å²) in [7, 11) is 1.73. The maximum absolute atomic E-state index is 6.30. The van der Waals surface area contributed by atoms with Crippen LogP contribution < -0.4 is 10.6 Å². The smallest absolute Gasteiger partial charge is 0.158 e. The molecule has 2 N–H and O–H groups in total. The van der Waals surface area contributed by atoms with Crippen molar-refractivity contribution in [3.8, 4) is 0 Å². The third-order valence-electron chi connectivity index (χ3n) is 6.22. The van der Waals surface area contributed by atoms with E-state index >= 15 is 0 Å². The van der Waals surface area contributed by atoms with Gasteiger partial charge in [0.15, 0.2) is 6.23 Å². The van der Waals surface area contributed by atoms with Crippen LogP contribution in [-0.4, -0.2) is 37.8 Å². The summed E-state index contributed by atoms with van der Waals surface area (Å²) in [5.74, 6) is 0.781. The van der Waals surface area contributed by atoms with E-state index in [0.29, 0.717) is 13.2 Å². The van der Waals surface area contributed by atoms with Gasteiger partial charge in [0.25, 0.3) is 0 Å². The standard InChI is InChI=1S/C31H38N4O2/c1-7-10-11-12-23(4)28-29(36-8-2)26-21-25(13-14-27(26)35-30(28)37-9-3)31(5,17-20-34-22-32-6)24-15-18-33-19-16-24/h7,10-22,30,35H,4,8-9H2,1-3,5-6H3,(H,32,34)/b10-7-,12-11-,20-17+. The van der Waals surface area contributed by atoms with E-state index in [-0.39, 0.29) is 6.23 Å². The van der Waals surface area contributed by atoms with Gasteiger partial charge in [0.1, 0.15) is 5.76 Å². The molecule has 2 unspecified atom stereocenters. The second kappa shape index (κ2) is 13.4. The van der Waals surface area contributed by atoms with Crippen LogP contribution in [0.3, 0.4) is 0 Å². The lowest BCUT2D eigenvalue weighted by atomic mass is 9.75. The molecule has 2 aromatic rings. The molecule has 2 heterocycles. The molecule has 1 aromatic carbocycles. The van der Waals surface area contributed by atoms with Crippen LogP contribution in [0.2, 0.25) is 0 Å². The Hall–Kier alpha value is -3.90. The van der Waals surface area contributed by atoms with Crippen LogP contribution in [0.1, 0.15) is 44.4 Å². The molecule has 1 aliphatic heterocycles. The summed E-state index contributed by atoms with van der Waals surface area (Å²) in [5, 5.41) is 6.67. The highest BCUT2D eigenvalue weighted by atomic mass is 16.5. The predicted molar refractivity (Wildman–Crippen MR) is 155 cm³/mol. The fraction of sp³-hybridized carbons (Fsp3) is 0.290. The molecule has 0 fully saturated rings. The molecule has 0 saturated heterocycles. The van der Waals surface area contributed by atoms with E-state index in [1.807, 2.05) is 75.8 Å². The topological polar surface area (TPSA) is 67.8 Å². The predicted octanol–water partition coefficient (Wildman–Crippen LogP) is 6.37. The van der Waals surface area contributed by atoms with Crippen molar-refractivity contribution in [2.24, 2.45) is 4.99 Å². The minimum Gasteiger partial charge on any atom is -0.493 e. The van der Waals surface area contributed by atoms with Gasteiger partial charge in [-0.1, -0.05) is 43.0 Å². The molecular formula is C31H38N4O2. The van der Waals surface area contributed by atoms with Gasteiger partial charge in [-0.2, -0.15) is 0 Å². The van der Waals surface area contributed by atoms with Crippen molar-refractivity contribution in [1.82, 2.24) is 10.3 Å². The summed E-state index contributed by atoms with van der Waals surface area (Å²) in [4.78, 5) is 8.23. The molecule has 0 aliphatic carbocycles. The summed E-state index contributed by atoms with van der Waals surface area (Å²) in [6.07, 6.45) is 16.9. The number of nitrogens with zero attached hydrogens (tertiary/aromatic N) is 2. The fourth-order valence-electron chi connectivity index (χ4n) is 4.33. The van der Waals surface area contributed by atoms with Crippen molar-refractivity contribution in [2.45, 2.75) is 39.3 Å². The van der Waals surface area contributed by atoms with Gasteiger partial charge in [-0.05, 0) is 74.9 Å². The van der Waals surface area contributed by atoms with E-state index < -0.39 is 5.41 Å². The average molecular weight is 499 g/mol. The number of ether oxygens (including phenoxy) is 2. The van der Waals surface area contributed by atoms with Gasteiger partial charge in [0.2, 0.25) is 0 Å². The lowest BCUT2D eigenvalue weighted by Crippen LogP contribution is -2.32. The highest BCUT2D eigenvalue weighted by molar-refractivity contribution is 5.83. The maximum Gasteiger partial charge on any atom is 0.158 e. The number of hydrogen-bond acceptors (Lipinski definition) is 5. The SMILES string of the molecule is C=C(/C=C\C=C/C)C1=C(OCC)c2cc(C(C)(/C=C/NC=NC)c3ccncc3)ccc2NC1OCC. The quantitative estimate of drug-likeness (QED) is 0.202. The second-order valence-electron chi connectivity index (χ2n) is 8.65. The Kier molecular flexibility index (Phi) is 10.0. The van der Waals surface area contributed by atoms with Crippen LogP contribution in [-0.2, 0) is 14.9 Å². The number of pyridine rings is 1. The Morgan fingerprint density at radius 3 is 2.62 bits per heavy atom. The van der Waals surface area contributed by atoms with Gasteiger partial charge >= 0.3 is 0 Å². The number of nitrogens with one attached hydrogen (secondary N) is 2. The second-order valence-corrected chi connectivity index (χ2v) is 8.65. The normalized spacial score (nSPS) is 17.4. The fourth-order valence-corrected chi connectivity index (χ4v) is 4.33. The van der Waals surface area contributed by atoms with Gasteiger partial charge < -0.3 is 20.1 Å². The van der Waals surface area contributed by atoms with E-state index in [1.165, 1.54) is 0 Å². The molecule has 1 aliphatic rings. The molecule has 6 heteroatoms. The maximum atomic E-state index is 6.30. The van der Waals surface area contributed by atoms with E-state index in [4.69, 9.17) is 9.47 Å². The number of allylic oxidation sites excluding steroid dienone is 5. The molecule has 3 rings (SSSR count). The summed E-state index contributed by atoms with van der Waals surface area (Å²) < 4.78 is 12.4. The first kappa shape index (κ1) is 27.7. The molecule has 0 radical (unpaired) electrons. The number of fused-ring (bicyclic) bond motifs is 1. The van der Waals surface area contributed by atoms with Crippen LogP contribution in [0.4, 0.5) is 5.69 Å². The Morgan fingerprint density at radius 1 is 1.16 bits per heavy atom. The number of aromatic nitrogens is 1. The van der Waals surface area contributed by atoms with Crippen molar-refractivity contribution < 1.29 is 9.47 Å². The van der Waals surface area contributed by atoms with Crippen molar-refractivity contribution in [2.75, 3.05) is 25.6 Å². The van der Waals surface area contributed by atoms with Crippen LogP contribution in [0.15, 0.2) is 102 Å². The number of anilines is 1. The number of rotatable bonds is 12. The molecule has 0 amide bonds. The third-order valence-corrected chi connectivity index (χ3v) is 6.22. The van der Waals surface area contributed by atoms with Crippen molar-refractivity contribution in [3.05, 3.63) is 114 Å². The Balaban J connectivity index is 2.20. The molecule has 0 saturated carbocycles. The zero-order valence-corrected chi connectivity index (χ0v) is 22.5. The minimum atomic E-state index is -0.441. The van der Waals surface area contributed by atoms with Gasteiger partial charge in [0.05, 0.1) is 18.5 Å². The van der Waals surface area contributed by atoms with Crippen LogP contribution in [0.5, 0.6) is 0 Å². The Labute approximate surface area is 221 Å². The number of benzene rings is 1. The minimum absolute atomic E-state index is 0.364. The molecular weight excluding hydrogens is 460 g/mol.